The van der Waals surface area contributed by atoms with Crippen molar-refractivity contribution < 1.29 is 9.53 Å². The molecule has 0 radical (unpaired) electrons. The van der Waals surface area contributed by atoms with E-state index in [2.05, 4.69) is 57.7 Å². The number of nitrogens with one attached hydrogen (secondary N) is 1. The van der Waals surface area contributed by atoms with E-state index < -0.39 is 0 Å². The van der Waals surface area contributed by atoms with Gasteiger partial charge in [0.25, 0.3) is 0 Å². The lowest BCUT2D eigenvalue weighted by Gasteiger charge is -2.28. The SMILES string of the molecule is COC(=O)CCN1C(=S)N[C@H](c2ccccn2)[C@H]1c1cc(C)n(-c2ncccc2C)c1C. The van der Waals surface area contributed by atoms with Gasteiger partial charge in [0.15, 0.2) is 5.11 Å². The number of hydrogen-bond acceptors (Lipinski definition) is 5. The molecule has 0 amide bonds. The first-order chi connectivity index (χ1) is 15.4. The molecule has 0 spiro atoms. The third kappa shape index (κ3) is 3.98. The van der Waals surface area contributed by atoms with Gasteiger partial charge in [-0.2, -0.15) is 0 Å². The maximum Gasteiger partial charge on any atom is 0.307 e. The van der Waals surface area contributed by atoms with Crippen molar-refractivity contribution in [2.24, 2.45) is 0 Å². The highest BCUT2D eigenvalue weighted by Crippen LogP contribution is 2.41. The Morgan fingerprint density at radius 1 is 1.16 bits per heavy atom. The van der Waals surface area contributed by atoms with Crippen molar-refractivity contribution in [3.8, 4) is 5.82 Å². The number of aryl methyl sites for hydroxylation is 2. The molecule has 4 heterocycles. The standard InChI is InChI=1S/C24H27N5O2S/c1-15-8-7-12-26-23(15)29-16(2)14-18(17(29)3)22-21(19-9-5-6-11-25-19)27-24(32)28(22)13-10-20(30)31-4/h5-9,11-12,14,21-22H,10,13H2,1-4H3,(H,27,32)/t21-,22-/m1/s1. The average molecular weight is 450 g/mol. The second-order valence-electron chi connectivity index (χ2n) is 7.95. The molecule has 1 N–H and O–H groups in total. The van der Waals surface area contributed by atoms with Crippen LogP contribution < -0.4 is 5.32 Å². The second kappa shape index (κ2) is 9.08. The van der Waals surface area contributed by atoms with Crippen LogP contribution in [-0.4, -0.2) is 44.2 Å². The van der Waals surface area contributed by atoms with E-state index in [1.807, 2.05) is 30.5 Å². The lowest BCUT2D eigenvalue weighted by atomic mass is 9.96. The summed E-state index contributed by atoms with van der Waals surface area (Å²) >= 11 is 5.70. The predicted molar refractivity (Wildman–Crippen MR) is 127 cm³/mol. The molecule has 0 saturated carbocycles. The van der Waals surface area contributed by atoms with Crippen LogP contribution in [0.15, 0.2) is 48.8 Å². The van der Waals surface area contributed by atoms with Crippen molar-refractivity contribution in [2.75, 3.05) is 13.7 Å². The maximum atomic E-state index is 11.9. The van der Waals surface area contributed by atoms with Crippen LogP contribution in [0, 0.1) is 20.8 Å². The van der Waals surface area contributed by atoms with Gasteiger partial charge in [-0.15, -0.1) is 0 Å². The summed E-state index contributed by atoms with van der Waals surface area (Å²) in [5.74, 6) is 0.653. The molecule has 1 fully saturated rings. The van der Waals surface area contributed by atoms with Gasteiger partial charge in [0.05, 0.1) is 31.3 Å². The Morgan fingerprint density at radius 3 is 2.62 bits per heavy atom. The molecule has 1 aliphatic heterocycles. The average Bonchev–Trinajstić information content (AvgIpc) is 3.28. The molecular formula is C24H27N5O2S. The van der Waals surface area contributed by atoms with Gasteiger partial charge in [-0.05, 0) is 68.4 Å². The molecule has 8 heteroatoms. The molecule has 7 nitrogen and oxygen atoms in total. The van der Waals surface area contributed by atoms with Crippen LogP contribution in [0.25, 0.3) is 5.82 Å². The topological polar surface area (TPSA) is 72.3 Å². The van der Waals surface area contributed by atoms with Gasteiger partial charge < -0.3 is 19.5 Å². The fourth-order valence-corrected chi connectivity index (χ4v) is 4.75. The van der Waals surface area contributed by atoms with Gasteiger partial charge in [-0.25, -0.2) is 4.98 Å². The number of rotatable bonds is 6. The Morgan fingerprint density at radius 2 is 1.94 bits per heavy atom. The number of aromatic nitrogens is 3. The van der Waals surface area contributed by atoms with Crippen LogP contribution in [0.1, 0.15) is 46.7 Å². The van der Waals surface area contributed by atoms with Gasteiger partial charge in [-0.3, -0.25) is 9.78 Å². The number of pyridine rings is 2. The Balaban J connectivity index is 1.81. The van der Waals surface area contributed by atoms with Crippen molar-refractivity contribution in [2.45, 2.75) is 39.3 Å². The van der Waals surface area contributed by atoms with Gasteiger partial charge in [0.2, 0.25) is 0 Å². The quantitative estimate of drug-likeness (QED) is 0.454. The third-order valence-corrected chi connectivity index (χ3v) is 6.32. The molecule has 3 aromatic rings. The molecule has 1 aliphatic rings. The first kappa shape index (κ1) is 22.0. The van der Waals surface area contributed by atoms with E-state index in [9.17, 15) is 4.79 Å². The molecule has 0 aliphatic carbocycles. The molecule has 0 aromatic carbocycles. The number of carbonyl (C=O) groups is 1. The number of thiocarbonyl (C=S) groups is 1. The highest BCUT2D eigenvalue weighted by atomic mass is 32.1. The first-order valence-corrected chi connectivity index (χ1v) is 11.0. The zero-order chi connectivity index (χ0) is 22.8. The largest absolute Gasteiger partial charge is 0.469 e. The normalized spacial score (nSPS) is 18.0. The van der Waals surface area contributed by atoms with E-state index in [0.29, 0.717) is 11.7 Å². The minimum atomic E-state index is -0.262. The summed E-state index contributed by atoms with van der Waals surface area (Å²) in [6.07, 6.45) is 3.85. The van der Waals surface area contributed by atoms with E-state index in [-0.39, 0.29) is 24.5 Å². The Kier molecular flexibility index (Phi) is 6.23. The predicted octanol–water partition coefficient (Wildman–Crippen LogP) is 3.73. The number of esters is 1. The van der Waals surface area contributed by atoms with Crippen molar-refractivity contribution in [3.05, 3.63) is 77.0 Å². The van der Waals surface area contributed by atoms with Crippen molar-refractivity contribution in [1.29, 1.82) is 0 Å². The van der Waals surface area contributed by atoms with Crippen molar-refractivity contribution in [1.82, 2.24) is 24.8 Å². The van der Waals surface area contributed by atoms with Crippen molar-refractivity contribution >= 4 is 23.3 Å². The van der Waals surface area contributed by atoms with E-state index in [1.54, 1.807) is 6.20 Å². The van der Waals surface area contributed by atoms with Crippen LogP contribution in [0.5, 0.6) is 0 Å². The van der Waals surface area contributed by atoms with E-state index in [1.165, 1.54) is 7.11 Å². The van der Waals surface area contributed by atoms with Crippen LogP contribution in [-0.2, 0) is 9.53 Å². The van der Waals surface area contributed by atoms with Gasteiger partial charge in [0, 0.05) is 30.3 Å². The highest BCUT2D eigenvalue weighted by Gasteiger charge is 2.41. The van der Waals surface area contributed by atoms with Crippen LogP contribution in [0.3, 0.4) is 0 Å². The Hall–Kier alpha value is -3.26. The zero-order valence-electron chi connectivity index (χ0n) is 18.7. The van der Waals surface area contributed by atoms with E-state index >= 15 is 0 Å². The molecule has 0 unspecified atom stereocenters. The maximum absolute atomic E-state index is 11.9. The van der Waals surface area contributed by atoms with Gasteiger partial charge in [0.1, 0.15) is 5.82 Å². The van der Waals surface area contributed by atoms with Gasteiger partial charge >= 0.3 is 5.97 Å². The summed E-state index contributed by atoms with van der Waals surface area (Å²) in [6, 6.07) is 11.8. The number of carbonyl (C=O) groups excluding carboxylic acids is 1. The molecule has 4 rings (SSSR count). The first-order valence-electron chi connectivity index (χ1n) is 10.6. The summed E-state index contributed by atoms with van der Waals surface area (Å²) in [5, 5.41) is 4.04. The minimum absolute atomic E-state index is 0.119. The van der Waals surface area contributed by atoms with E-state index in [4.69, 9.17) is 17.0 Å². The number of hydrogen-bond donors (Lipinski definition) is 1. The van der Waals surface area contributed by atoms with Crippen LogP contribution >= 0.6 is 12.2 Å². The Bertz CT molecular complexity index is 1140. The Labute approximate surface area is 193 Å². The fraction of sp³-hybridized carbons (Fsp3) is 0.333. The van der Waals surface area contributed by atoms with E-state index in [0.717, 1.165) is 34.0 Å². The molecule has 2 atom stereocenters. The summed E-state index contributed by atoms with van der Waals surface area (Å²) in [5.41, 5.74) is 5.30. The monoisotopic (exact) mass is 449 g/mol. The number of ether oxygens (including phenoxy) is 1. The third-order valence-electron chi connectivity index (χ3n) is 5.96. The summed E-state index contributed by atoms with van der Waals surface area (Å²) in [6.45, 7) is 6.71. The van der Waals surface area contributed by atoms with Gasteiger partial charge in [-0.1, -0.05) is 12.1 Å². The van der Waals surface area contributed by atoms with Crippen molar-refractivity contribution in [3.63, 3.8) is 0 Å². The molecule has 1 saturated heterocycles. The minimum Gasteiger partial charge on any atom is -0.469 e. The molecule has 32 heavy (non-hydrogen) atoms. The molecule has 166 valence electrons. The molecule has 0 bridgehead atoms. The van der Waals surface area contributed by atoms with Crippen LogP contribution in [0.2, 0.25) is 0 Å². The summed E-state index contributed by atoms with van der Waals surface area (Å²) < 4.78 is 7.04. The zero-order valence-corrected chi connectivity index (χ0v) is 19.5. The van der Waals surface area contributed by atoms with Crippen LogP contribution in [0.4, 0.5) is 0 Å². The highest BCUT2D eigenvalue weighted by molar-refractivity contribution is 7.80. The smallest absolute Gasteiger partial charge is 0.307 e. The second-order valence-corrected chi connectivity index (χ2v) is 8.34. The summed E-state index contributed by atoms with van der Waals surface area (Å²) in [4.78, 5) is 23.2. The number of methoxy groups -OCH3 is 1. The molecule has 3 aromatic heterocycles. The fourth-order valence-electron chi connectivity index (χ4n) is 4.42. The summed E-state index contributed by atoms with van der Waals surface area (Å²) in [7, 11) is 1.40. The lowest BCUT2D eigenvalue weighted by molar-refractivity contribution is -0.140. The number of nitrogens with zero attached hydrogens (tertiary/aromatic N) is 4. The lowest BCUT2D eigenvalue weighted by Crippen LogP contribution is -2.32. The molecular weight excluding hydrogens is 422 g/mol.